The average molecular weight is 392 g/mol. The van der Waals surface area contributed by atoms with Crippen molar-refractivity contribution in [2.75, 3.05) is 5.32 Å². The van der Waals surface area contributed by atoms with Gasteiger partial charge in [-0.3, -0.25) is 0 Å². The molecule has 0 unspecified atom stereocenters. The number of rotatable bonds is 6. The topological polar surface area (TPSA) is 29.9 Å². The second-order valence-corrected chi connectivity index (χ2v) is 7.63. The first-order valence-corrected chi connectivity index (χ1v) is 10.6. The maximum Gasteiger partial charge on any atom is 0.141 e. The van der Waals surface area contributed by atoms with Crippen LogP contribution in [0.5, 0.6) is 0 Å². The van der Waals surface area contributed by atoms with E-state index in [-0.39, 0.29) is 0 Å². The van der Waals surface area contributed by atoms with Gasteiger partial charge in [-0.2, -0.15) is 0 Å². The molecule has 0 atom stereocenters. The maximum atomic E-state index is 5.18. The first-order chi connectivity index (χ1) is 14.8. The summed E-state index contributed by atoms with van der Waals surface area (Å²) < 4.78 is 2.39. The van der Waals surface area contributed by atoms with Gasteiger partial charge in [0.1, 0.15) is 11.3 Å². The Labute approximate surface area is 177 Å². The van der Waals surface area contributed by atoms with Crippen molar-refractivity contribution in [2.45, 2.75) is 26.3 Å². The zero-order valence-corrected chi connectivity index (χ0v) is 17.2. The van der Waals surface area contributed by atoms with Crippen molar-refractivity contribution in [1.29, 1.82) is 0 Å². The summed E-state index contributed by atoms with van der Waals surface area (Å²) in [4.78, 5) is 5.18. The smallest absolute Gasteiger partial charge is 0.141 e. The van der Waals surface area contributed by atoms with E-state index in [0.29, 0.717) is 0 Å². The molecule has 0 fully saturated rings. The number of fused-ring (bicyclic) bond motifs is 2. The number of nitrogens with zero attached hydrogens (tertiary/aromatic N) is 2. The summed E-state index contributed by atoms with van der Waals surface area (Å²) in [7, 11) is 0. The first kappa shape index (κ1) is 18.4. The van der Waals surface area contributed by atoms with Crippen LogP contribution in [0.15, 0.2) is 91.0 Å². The number of anilines is 2. The predicted octanol–water partition coefficient (Wildman–Crippen LogP) is 7.40. The molecule has 30 heavy (non-hydrogen) atoms. The van der Waals surface area contributed by atoms with Crippen molar-refractivity contribution in [1.82, 2.24) is 9.55 Å². The normalized spacial score (nSPS) is 11.2. The van der Waals surface area contributed by atoms with Crippen LogP contribution in [0.4, 0.5) is 11.4 Å². The van der Waals surface area contributed by atoms with Gasteiger partial charge in [0.15, 0.2) is 0 Å². The van der Waals surface area contributed by atoms with Gasteiger partial charge in [0.25, 0.3) is 0 Å². The van der Waals surface area contributed by atoms with Gasteiger partial charge in [-0.15, -0.1) is 0 Å². The Morgan fingerprint density at radius 3 is 2.43 bits per heavy atom. The number of imidazole rings is 1. The number of hydrogen-bond acceptors (Lipinski definition) is 2. The fraction of sp³-hybridized carbons (Fsp3) is 0.148. The molecule has 0 aliphatic heterocycles. The van der Waals surface area contributed by atoms with Gasteiger partial charge in [0.05, 0.1) is 11.2 Å². The van der Waals surface area contributed by atoms with Crippen LogP contribution in [0.3, 0.4) is 0 Å². The summed E-state index contributed by atoms with van der Waals surface area (Å²) >= 11 is 0. The minimum absolute atomic E-state index is 0.959. The van der Waals surface area contributed by atoms with Crippen LogP contribution in [0.1, 0.15) is 19.8 Å². The Bertz CT molecular complexity index is 1300. The van der Waals surface area contributed by atoms with Crippen molar-refractivity contribution >= 4 is 33.2 Å². The molecule has 0 saturated heterocycles. The minimum atomic E-state index is 0.959. The molecular weight excluding hydrogens is 366 g/mol. The lowest BCUT2D eigenvalue weighted by Crippen LogP contribution is -2.01. The van der Waals surface area contributed by atoms with Crippen molar-refractivity contribution in [2.24, 2.45) is 0 Å². The standard InChI is InChI=1S/C27H25N3/c1-2-3-19-30-25-18-10-17-24(28-21-13-5-4-6-14-21)26(25)29-27(30)23-16-9-12-20-11-7-8-15-22(20)23/h4-18,28H,2-3,19H2,1H3. The van der Waals surface area contributed by atoms with E-state index in [2.05, 4.69) is 89.6 Å². The zero-order valence-electron chi connectivity index (χ0n) is 17.2. The molecule has 3 nitrogen and oxygen atoms in total. The number of para-hydroxylation sites is 2. The van der Waals surface area contributed by atoms with Gasteiger partial charge in [-0.25, -0.2) is 4.98 Å². The highest BCUT2D eigenvalue weighted by Crippen LogP contribution is 2.34. The highest BCUT2D eigenvalue weighted by Gasteiger charge is 2.16. The molecule has 0 radical (unpaired) electrons. The number of aromatic nitrogens is 2. The zero-order chi connectivity index (χ0) is 20.3. The molecule has 4 aromatic carbocycles. The van der Waals surface area contributed by atoms with Gasteiger partial charge in [0, 0.05) is 17.8 Å². The molecule has 5 rings (SSSR count). The van der Waals surface area contributed by atoms with E-state index < -0.39 is 0 Å². The number of aryl methyl sites for hydroxylation is 1. The van der Waals surface area contributed by atoms with Crippen LogP contribution in [0.25, 0.3) is 33.2 Å². The monoisotopic (exact) mass is 391 g/mol. The van der Waals surface area contributed by atoms with Crippen LogP contribution in [-0.4, -0.2) is 9.55 Å². The summed E-state index contributed by atoms with van der Waals surface area (Å²) in [5.41, 5.74) is 5.48. The molecule has 0 bridgehead atoms. The molecule has 5 aromatic rings. The molecule has 0 amide bonds. The lowest BCUT2D eigenvalue weighted by molar-refractivity contribution is 0.651. The van der Waals surface area contributed by atoms with Crippen LogP contribution < -0.4 is 5.32 Å². The Balaban J connectivity index is 1.72. The van der Waals surface area contributed by atoms with E-state index in [0.717, 1.165) is 42.1 Å². The Hall–Kier alpha value is -3.59. The quantitative estimate of drug-likeness (QED) is 0.327. The van der Waals surface area contributed by atoms with Gasteiger partial charge in [-0.05, 0) is 41.5 Å². The third kappa shape index (κ3) is 3.33. The van der Waals surface area contributed by atoms with Crippen LogP contribution in [0.2, 0.25) is 0 Å². The Morgan fingerprint density at radius 2 is 1.57 bits per heavy atom. The molecule has 0 aliphatic carbocycles. The largest absolute Gasteiger partial charge is 0.354 e. The Kier molecular flexibility index (Phi) is 4.94. The van der Waals surface area contributed by atoms with Crippen LogP contribution >= 0.6 is 0 Å². The number of benzene rings is 4. The SMILES string of the molecule is CCCCn1c(-c2cccc3ccccc23)nc2c(Nc3ccccc3)cccc21. The Morgan fingerprint density at radius 1 is 0.800 bits per heavy atom. The fourth-order valence-electron chi connectivity index (χ4n) is 4.09. The third-order valence-corrected chi connectivity index (χ3v) is 5.60. The van der Waals surface area contributed by atoms with Crippen LogP contribution in [-0.2, 0) is 6.54 Å². The molecule has 1 aromatic heterocycles. The van der Waals surface area contributed by atoms with Crippen molar-refractivity contribution in [3.05, 3.63) is 91.0 Å². The summed E-state index contributed by atoms with van der Waals surface area (Å²) in [6, 6.07) is 31.7. The molecule has 148 valence electrons. The van der Waals surface area contributed by atoms with E-state index in [1.165, 1.54) is 21.9 Å². The highest BCUT2D eigenvalue weighted by atomic mass is 15.1. The second kappa shape index (κ2) is 8.03. The van der Waals surface area contributed by atoms with E-state index in [1.54, 1.807) is 0 Å². The number of nitrogens with one attached hydrogen (secondary N) is 1. The number of hydrogen-bond donors (Lipinski definition) is 1. The van der Waals surface area contributed by atoms with E-state index in [4.69, 9.17) is 4.98 Å². The van der Waals surface area contributed by atoms with E-state index >= 15 is 0 Å². The van der Waals surface area contributed by atoms with Crippen molar-refractivity contribution in [3.8, 4) is 11.4 Å². The first-order valence-electron chi connectivity index (χ1n) is 10.6. The van der Waals surface area contributed by atoms with Crippen LogP contribution in [0, 0.1) is 0 Å². The maximum absolute atomic E-state index is 5.18. The molecule has 3 heteroatoms. The predicted molar refractivity (Wildman–Crippen MR) is 127 cm³/mol. The fourth-order valence-corrected chi connectivity index (χ4v) is 4.09. The van der Waals surface area contributed by atoms with Crippen molar-refractivity contribution < 1.29 is 0 Å². The molecule has 1 heterocycles. The molecule has 0 aliphatic rings. The number of unbranched alkanes of at least 4 members (excludes halogenated alkanes) is 1. The summed E-state index contributed by atoms with van der Waals surface area (Å²) in [6.07, 6.45) is 2.27. The lowest BCUT2D eigenvalue weighted by atomic mass is 10.0. The van der Waals surface area contributed by atoms with Gasteiger partial charge >= 0.3 is 0 Å². The van der Waals surface area contributed by atoms with Gasteiger partial charge in [-0.1, -0.05) is 80.1 Å². The summed E-state index contributed by atoms with van der Waals surface area (Å²) in [5, 5.41) is 6.04. The molecule has 0 spiro atoms. The van der Waals surface area contributed by atoms with E-state index in [9.17, 15) is 0 Å². The highest BCUT2D eigenvalue weighted by molar-refractivity contribution is 5.99. The lowest BCUT2D eigenvalue weighted by Gasteiger charge is -2.11. The summed E-state index contributed by atoms with van der Waals surface area (Å²) in [6.45, 7) is 3.19. The third-order valence-electron chi connectivity index (χ3n) is 5.60. The molecular formula is C27H25N3. The minimum Gasteiger partial charge on any atom is -0.354 e. The molecule has 0 saturated carbocycles. The van der Waals surface area contributed by atoms with Crippen molar-refractivity contribution in [3.63, 3.8) is 0 Å². The summed E-state index contributed by atoms with van der Waals surface area (Å²) in [5.74, 6) is 1.04. The van der Waals surface area contributed by atoms with Gasteiger partial charge in [0.2, 0.25) is 0 Å². The van der Waals surface area contributed by atoms with E-state index in [1.807, 2.05) is 18.2 Å². The van der Waals surface area contributed by atoms with Gasteiger partial charge < -0.3 is 9.88 Å². The average Bonchev–Trinajstić information content (AvgIpc) is 3.17. The second-order valence-electron chi connectivity index (χ2n) is 7.63. The molecule has 1 N–H and O–H groups in total.